The predicted molar refractivity (Wildman–Crippen MR) is 77.7 cm³/mol. The molecule has 1 heterocycles. The van der Waals surface area contributed by atoms with Gasteiger partial charge in [0.2, 0.25) is 10.0 Å². The van der Waals surface area contributed by atoms with Crippen molar-refractivity contribution in [1.82, 2.24) is 14.5 Å². The van der Waals surface area contributed by atoms with Gasteiger partial charge in [-0.15, -0.1) is 0 Å². The van der Waals surface area contributed by atoms with Gasteiger partial charge in [0.05, 0.1) is 17.6 Å². The van der Waals surface area contributed by atoms with Crippen LogP contribution in [0.5, 0.6) is 0 Å². The number of hydrogen-bond acceptors (Lipinski definition) is 4. The van der Waals surface area contributed by atoms with Crippen LogP contribution in [0.3, 0.4) is 0 Å². The fourth-order valence-corrected chi connectivity index (χ4v) is 3.06. The van der Waals surface area contributed by atoms with Crippen LogP contribution in [0.2, 0.25) is 0 Å². The van der Waals surface area contributed by atoms with E-state index in [0.717, 1.165) is 11.1 Å². The van der Waals surface area contributed by atoms with Crippen molar-refractivity contribution in [3.63, 3.8) is 0 Å². The molecule has 20 heavy (non-hydrogen) atoms. The number of hydrogen-bond donors (Lipinski definition) is 2. The number of nitrogens with one attached hydrogen (secondary N) is 1. The van der Waals surface area contributed by atoms with E-state index in [-0.39, 0.29) is 11.4 Å². The number of anilines is 1. The predicted octanol–water partition coefficient (Wildman–Crippen LogP) is 1.06. The fraction of sp³-hybridized carbons (Fsp3) is 0.308. The Morgan fingerprint density at radius 3 is 2.60 bits per heavy atom. The minimum Gasteiger partial charge on any atom is -0.399 e. The number of nitrogens with two attached hydrogens (primary N) is 1. The van der Waals surface area contributed by atoms with Crippen LogP contribution in [0.25, 0.3) is 0 Å². The van der Waals surface area contributed by atoms with Crippen LogP contribution in [0, 0.1) is 13.8 Å². The third kappa shape index (κ3) is 3.58. The lowest BCUT2D eigenvalue weighted by Crippen LogP contribution is -2.27. The van der Waals surface area contributed by atoms with Gasteiger partial charge >= 0.3 is 0 Å². The Morgan fingerprint density at radius 1 is 1.25 bits per heavy atom. The molecule has 6 nitrogen and oxygen atoms in total. The molecule has 0 spiro atoms. The Hall–Kier alpha value is -1.86. The molecule has 0 amide bonds. The van der Waals surface area contributed by atoms with Gasteiger partial charge in [0.1, 0.15) is 0 Å². The molecule has 2 rings (SSSR count). The van der Waals surface area contributed by atoms with Gasteiger partial charge < -0.3 is 5.73 Å². The number of aryl methyl sites for hydroxylation is 2. The van der Waals surface area contributed by atoms with E-state index in [0.29, 0.717) is 12.2 Å². The molecule has 0 fully saturated rings. The van der Waals surface area contributed by atoms with E-state index in [1.807, 2.05) is 20.0 Å². The van der Waals surface area contributed by atoms with Gasteiger partial charge in [0.15, 0.2) is 0 Å². The number of aromatic nitrogens is 2. The van der Waals surface area contributed by atoms with E-state index >= 15 is 0 Å². The molecule has 3 N–H and O–H groups in total. The lowest BCUT2D eigenvalue weighted by molar-refractivity contribution is 0.561. The molecule has 2 aromatic rings. The molecule has 0 aliphatic rings. The summed E-state index contributed by atoms with van der Waals surface area (Å²) in [5.74, 6) is 0. The zero-order valence-corrected chi connectivity index (χ0v) is 12.3. The Morgan fingerprint density at radius 2 is 2.00 bits per heavy atom. The topological polar surface area (TPSA) is 90.0 Å². The van der Waals surface area contributed by atoms with Crippen molar-refractivity contribution in [2.75, 3.05) is 12.3 Å². The van der Waals surface area contributed by atoms with Crippen LogP contribution >= 0.6 is 0 Å². The maximum Gasteiger partial charge on any atom is 0.240 e. The van der Waals surface area contributed by atoms with Gasteiger partial charge in [-0.25, -0.2) is 13.1 Å². The van der Waals surface area contributed by atoms with E-state index in [1.165, 1.54) is 6.07 Å². The molecule has 0 aliphatic carbocycles. The Balaban J connectivity index is 2.03. The molecule has 7 heteroatoms. The quantitative estimate of drug-likeness (QED) is 0.807. The van der Waals surface area contributed by atoms with Crippen molar-refractivity contribution in [3.05, 3.63) is 41.7 Å². The summed E-state index contributed by atoms with van der Waals surface area (Å²) in [6.45, 7) is 4.50. The van der Waals surface area contributed by atoms with E-state index in [1.54, 1.807) is 23.0 Å². The van der Waals surface area contributed by atoms with Gasteiger partial charge in [-0.05, 0) is 43.2 Å². The SMILES string of the molecule is Cc1cc(N)cc(S(=O)(=O)NCCn2cc(C)cn2)c1. The summed E-state index contributed by atoms with van der Waals surface area (Å²) in [5.41, 5.74) is 7.96. The van der Waals surface area contributed by atoms with Gasteiger partial charge in [-0.2, -0.15) is 5.10 Å². The number of sulfonamides is 1. The van der Waals surface area contributed by atoms with Crippen LogP contribution in [-0.4, -0.2) is 24.7 Å². The van der Waals surface area contributed by atoms with Crippen molar-refractivity contribution in [2.24, 2.45) is 0 Å². The highest BCUT2D eigenvalue weighted by Crippen LogP contribution is 2.15. The zero-order valence-electron chi connectivity index (χ0n) is 11.5. The summed E-state index contributed by atoms with van der Waals surface area (Å²) in [6, 6.07) is 4.77. The molecule has 1 aromatic carbocycles. The summed E-state index contributed by atoms with van der Waals surface area (Å²) >= 11 is 0. The highest BCUT2D eigenvalue weighted by Gasteiger charge is 2.14. The van der Waals surface area contributed by atoms with Gasteiger partial charge in [0.25, 0.3) is 0 Å². The van der Waals surface area contributed by atoms with Gasteiger partial charge in [-0.3, -0.25) is 4.68 Å². The Bertz CT molecular complexity index is 687. The highest BCUT2D eigenvalue weighted by molar-refractivity contribution is 7.89. The largest absolute Gasteiger partial charge is 0.399 e. The molecule has 0 bridgehead atoms. The monoisotopic (exact) mass is 294 g/mol. The molecule has 0 saturated carbocycles. The molecule has 108 valence electrons. The summed E-state index contributed by atoms with van der Waals surface area (Å²) < 4.78 is 28.5. The van der Waals surface area contributed by atoms with Crippen molar-refractivity contribution >= 4 is 15.7 Å². The minimum absolute atomic E-state index is 0.187. The average molecular weight is 294 g/mol. The molecule has 0 unspecified atom stereocenters. The minimum atomic E-state index is -3.54. The normalized spacial score (nSPS) is 11.7. The first-order valence-electron chi connectivity index (χ1n) is 6.23. The van der Waals surface area contributed by atoms with E-state index in [2.05, 4.69) is 9.82 Å². The van der Waals surface area contributed by atoms with Crippen LogP contribution < -0.4 is 10.5 Å². The molecule has 1 aromatic heterocycles. The Kier molecular flexibility index (Phi) is 4.10. The summed E-state index contributed by atoms with van der Waals surface area (Å²) in [4.78, 5) is 0.187. The van der Waals surface area contributed by atoms with E-state index < -0.39 is 10.0 Å². The maximum atomic E-state index is 12.1. The van der Waals surface area contributed by atoms with Crippen LogP contribution in [-0.2, 0) is 16.6 Å². The first-order valence-corrected chi connectivity index (χ1v) is 7.71. The Labute approximate surface area is 118 Å². The van der Waals surface area contributed by atoms with Crippen molar-refractivity contribution < 1.29 is 8.42 Å². The second kappa shape index (κ2) is 5.64. The van der Waals surface area contributed by atoms with Gasteiger partial charge in [-0.1, -0.05) is 0 Å². The molecular formula is C13H18N4O2S. The summed E-state index contributed by atoms with van der Waals surface area (Å²) in [7, 11) is -3.54. The first kappa shape index (κ1) is 14.5. The molecule has 0 saturated heterocycles. The third-order valence-corrected chi connectivity index (χ3v) is 4.22. The second-order valence-electron chi connectivity index (χ2n) is 4.76. The number of benzene rings is 1. The van der Waals surface area contributed by atoms with Crippen molar-refractivity contribution in [2.45, 2.75) is 25.3 Å². The van der Waals surface area contributed by atoms with E-state index in [9.17, 15) is 8.42 Å². The fourth-order valence-electron chi connectivity index (χ4n) is 1.90. The smallest absolute Gasteiger partial charge is 0.240 e. The van der Waals surface area contributed by atoms with Crippen molar-refractivity contribution in [1.29, 1.82) is 0 Å². The van der Waals surface area contributed by atoms with Gasteiger partial charge in [0, 0.05) is 18.4 Å². The number of nitrogens with zero attached hydrogens (tertiary/aromatic N) is 2. The molecule has 0 aliphatic heterocycles. The first-order chi connectivity index (χ1) is 9.37. The molecule has 0 radical (unpaired) electrons. The van der Waals surface area contributed by atoms with Crippen molar-refractivity contribution in [3.8, 4) is 0 Å². The summed E-state index contributed by atoms with van der Waals surface area (Å²) in [5, 5.41) is 4.10. The lowest BCUT2D eigenvalue weighted by atomic mass is 10.2. The molecular weight excluding hydrogens is 276 g/mol. The standard InChI is InChI=1S/C13H18N4O2S/c1-10-5-12(14)7-13(6-10)20(18,19)16-3-4-17-9-11(2)8-15-17/h5-9,16H,3-4,14H2,1-2H3. The van der Waals surface area contributed by atoms with E-state index in [4.69, 9.17) is 5.73 Å². The van der Waals surface area contributed by atoms with Crippen LogP contribution in [0.15, 0.2) is 35.5 Å². The lowest BCUT2D eigenvalue weighted by Gasteiger charge is -2.08. The highest BCUT2D eigenvalue weighted by atomic mass is 32.2. The zero-order chi connectivity index (χ0) is 14.8. The average Bonchev–Trinajstić information content (AvgIpc) is 2.73. The van der Waals surface area contributed by atoms with Crippen LogP contribution in [0.4, 0.5) is 5.69 Å². The third-order valence-electron chi connectivity index (χ3n) is 2.78. The number of rotatable bonds is 5. The van der Waals surface area contributed by atoms with Crippen LogP contribution in [0.1, 0.15) is 11.1 Å². The maximum absolute atomic E-state index is 12.1. The number of nitrogen functional groups attached to an aromatic ring is 1. The summed E-state index contributed by atoms with van der Waals surface area (Å²) in [6.07, 6.45) is 3.59. The second-order valence-corrected chi connectivity index (χ2v) is 6.52. The molecule has 0 atom stereocenters.